The molecule has 52 heavy (non-hydrogen) atoms. The zero-order valence-corrected chi connectivity index (χ0v) is 33.7. The number of hydrogen-bond donors (Lipinski definition) is 5. The summed E-state index contributed by atoms with van der Waals surface area (Å²) in [6.07, 6.45) is 14.0. The summed E-state index contributed by atoms with van der Waals surface area (Å²) >= 11 is 0. The van der Waals surface area contributed by atoms with Crippen molar-refractivity contribution in [3.63, 3.8) is 0 Å². The average Bonchev–Trinajstić information content (AvgIpc) is 3.48. The highest BCUT2D eigenvalue weighted by Gasteiger charge is 2.59. The van der Waals surface area contributed by atoms with Gasteiger partial charge in [-0.1, -0.05) is 85.3 Å². The van der Waals surface area contributed by atoms with Crippen LogP contribution >= 0.6 is 0 Å². The van der Waals surface area contributed by atoms with Crippen LogP contribution in [-0.4, -0.2) is 82.6 Å². The summed E-state index contributed by atoms with van der Waals surface area (Å²) in [7, 11) is 0. The van der Waals surface area contributed by atoms with Gasteiger partial charge in [-0.05, 0) is 117 Å². The molecule has 1 aliphatic heterocycles. The van der Waals surface area contributed by atoms with Crippen LogP contribution in [0, 0.1) is 52.3 Å². The molecule has 0 aromatic carbocycles. The third-order valence-corrected chi connectivity index (χ3v) is 15.2. The van der Waals surface area contributed by atoms with Crippen molar-refractivity contribution in [3.05, 3.63) is 11.6 Å². The van der Waals surface area contributed by atoms with Crippen LogP contribution in [0.4, 0.5) is 4.79 Å². The van der Waals surface area contributed by atoms with Gasteiger partial charge in [-0.3, -0.25) is 0 Å². The first-order chi connectivity index (χ1) is 24.7. The summed E-state index contributed by atoms with van der Waals surface area (Å²) in [5.41, 5.74) is 0.867. The number of ether oxygens (including phenoxy) is 3. The number of nitrogens with one attached hydrogen (secondary N) is 1. The predicted molar refractivity (Wildman–Crippen MR) is 203 cm³/mol. The Morgan fingerprint density at radius 3 is 2.44 bits per heavy atom. The molecule has 11 unspecified atom stereocenters. The van der Waals surface area contributed by atoms with Crippen LogP contribution in [0.3, 0.4) is 0 Å². The Hall–Kier alpha value is -1.23. The van der Waals surface area contributed by atoms with Gasteiger partial charge in [-0.25, -0.2) is 4.79 Å². The van der Waals surface area contributed by atoms with Crippen LogP contribution in [0.5, 0.6) is 0 Å². The van der Waals surface area contributed by atoms with Crippen LogP contribution in [0.1, 0.15) is 145 Å². The quantitative estimate of drug-likeness (QED) is 0.0812. The number of amides is 1. The zero-order valence-electron chi connectivity index (χ0n) is 33.7. The van der Waals surface area contributed by atoms with Gasteiger partial charge < -0.3 is 40.0 Å². The van der Waals surface area contributed by atoms with E-state index in [0.717, 1.165) is 74.0 Å². The van der Waals surface area contributed by atoms with Crippen molar-refractivity contribution in [1.29, 1.82) is 0 Å². The Balaban J connectivity index is 1.03. The molecule has 3 saturated carbocycles. The molecule has 9 nitrogen and oxygen atoms in total. The number of aliphatic hydroxyl groups is 4. The highest BCUT2D eigenvalue weighted by molar-refractivity contribution is 5.67. The van der Waals surface area contributed by atoms with Gasteiger partial charge in [-0.15, -0.1) is 0 Å². The standard InChI is InChI=1S/C43H75NO8/c1-8-29(14-9-10-23-50-39-37(47)36(46)38(48)43(7,26-45)52-39)25-44-40(49)51-31-19-21-41(5)30(24-31)15-16-32-34-18-17-33(28(4)13-11-12-27(2)3)42(34,6)22-20-35(32)41/h15,27-29,31-39,45-48H,8-14,16-26H2,1-7H3,(H,44,49)/t28?,29?,31?,32?,33?,34?,35?,36?,37?,38-,39?,41+,42-,43?/m1/s1. The van der Waals surface area contributed by atoms with Crippen LogP contribution in [0.15, 0.2) is 11.6 Å². The lowest BCUT2D eigenvalue weighted by Gasteiger charge is -2.58. The lowest BCUT2D eigenvalue weighted by Crippen LogP contribution is -2.65. The molecule has 0 radical (unpaired) electrons. The van der Waals surface area contributed by atoms with E-state index in [9.17, 15) is 25.2 Å². The van der Waals surface area contributed by atoms with Crippen LogP contribution < -0.4 is 5.32 Å². The van der Waals surface area contributed by atoms with Gasteiger partial charge in [0, 0.05) is 19.6 Å². The summed E-state index contributed by atoms with van der Waals surface area (Å²) < 4.78 is 17.3. The number of carbonyl (C=O) groups excluding carboxylic acids is 1. The van der Waals surface area contributed by atoms with Crippen molar-refractivity contribution in [2.75, 3.05) is 19.8 Å². The van der Waals surface area contributed by atoms with Crippen molar-refractivity contribution in [3.8, 4) is 0 Å². The molecule has 0 aromatic heterocycles. The molecule has 0 aromatic rings. The van der Waals surface area contributed by atoms with E-state index < -0.39 is 36.8 Å². The first kappa shape index (κ1) is 41.9. The fourth-order valence-corrected chi connectivity index (χ4v) is 11.7. The van der Waals surface area contributed by atoms with Crippen molar-refractivity contribution in [1.82, 2.24) is 5.32 Å². The van der Waals surface area contributed by atoms with E-state index in [-0.39, 0.29) is 17.6 Å². The minimum absolute atomic E-state index is 0.0609. The number of fused-ring (bicyclic) bond motifs is 5. The number of carbonyl (C=O) groups is 1. The van der Waals surface area contributed by atoms with Gasteiger partial charge in [0.2, 0.25) is 0 Å². The Labute approximate surface area is 315 Å². The molecule has 9 heteroatoms. The second-order valence-corrected chi connectivity index (χ2v) is 19.0. The summed E-state index contributed by atoms with van der Waals surface area (Å²) in [4.78, 5) is 13.0. The molecule has 5 rings (SSSR count). The highest BCUT2D eigenvalue weighted by Crippen LogP contribution is 2.67. The maximum absolute atomic E-state index is 13.0. The topological polar surface area (TPSA) is 138 Å². The average molecular weight is 734 g/mol. The number of unbranched alkanes of at least 4 members (excludes halogenated alkanes) is 1. The van der Waals surface area contributed by atoms with Crippen molar-refractivity contribution >= 4 is 6.09 Å². The summed E-state index contributed by atoms with van der Waals surface area (Å²) in [5, 5.41) is 43.3. The summed E-state index contributed by atoms with van der Waals surface area (Å²) in [6.45, 7) is 16.4. The van der Waals surface area contributed by atoms with E-state index in [0.29, 0.717) is 30.9 Å². The van der Waals surface area contributed by atoms with Crippen molar-refractivity contribution < 1.29 is 39.4 Å². The van der Waals surface area contributed by atoms with Gasteiger partial charge in [-0.2, -0.15) is 0 Å². The molecule has 4 fully saturated rings. The number of allylic oxidation sites excluding steroid dienone is 1. The van der Waals surface area contributed by atoms with Gasteiger partial charge in [0.15, 0.2) is 6.29 Å². The molecule has 1 saturated heterocycles. The molecule has 5 N–H and O–H groups in total. The number of hydrogen-bond acceptors (Lipinski definition) is 8. The van der Waals surface area contributed by atoms with Gasteiger partial charge in [0.05, 0.1) is 6.61 Å². The van der Waals surface area contributed by atoms with E-state index in [2.05, 4.69) is 52.9 Å². The molecular weight excluding hydrogens is 658 g/mol. The van der Waals surface area contributed by atoms with Gasteiger partial charge >= 0.3 is 6.09 Å². The number of aliphatic hydroxyl groups excluding tert-OH is 4. The minimum atomic E-state index is -1.47. The second-order valence-electron chi connectivity index (χ2n) is 19.0. The van der Waals surface area contributed by atoms with E-state index >= 15 is 0 Å². The summed E-state index contributed by atoms with van der Waals surface area (Å²) in [5.74, 6) is 5.23. The Bertz CT molecular complexity index is 1200. The van der Waals surface area contributed by atoms with Crippen LogP contribution in [-0.2, 0) is 14.2 Å². The maximum Gasteiger partial charge on any atom is 0.407 e. The van der Waals surface area contributed by atoms with E-state index in [1.807, 2.05) is 0 Å². The van der Waals surface area contributed by atoms with E-state index in [1.54, 1.807) is 5.57 Å². The Morgan fingerprint density at radius 2 is 1.73 bits per heavy atom. The molecule has 0 bridgehead atoms. The maximum atomic E-state index is 13.0. The minimum Gasteiger partial charge on any atom is -0.446 e. The molecule has 5 aliphatic rings. The Morgan fingerprint density at radius 1 is 0.962 bits per heavy atom. The number of alkyl carbamates (subject to hydrolysis) is 1. The molecule has 1 heterocycles. The largest absolute Gasteiger partial charge is 0.446 e. The summed E-state index contributed by atoms with van der Waals surface area (Å²) in [6, 6.07) is 0. The smallest absolute Gasteiger partial charge is 0.407 e. The fraction of sp³-hybridized carbons (Fsp3) is 0.930. The van der Waals surface area contributed by atoms with E-state index in [1.165, 1.54) is 58.3 Å². The normalized spacial score (nSPS) is 41.4. The Kier molecular flexibility index (Phi) is 14.3. The molecule has 14 atom stereocenters. The lowest BCUT2D eigenvalue weighted by atomic mass is 9.47. The van der Waals surface area contributed by atoms with Crippen molar-refractivity contribution in [2.24, 2.45) is 52.3 Å². The SMILES string of the molecule is CCC(CCCCOC1OC(C)(CO)[C@H](O)C(O)C1O)CNC(=O)OC1CC[C@@]2(C)C(=CCC3C4CCC(C(C)CCCC(C)C)[C@@]4(C)CCC32)C1. The van der Waals surface area contributed by atoms with Crippen LogP contribution in [0.2, 0.25) is 0 Å². The molecule has 1 amide bonds. The van der Waals surface area contributed by atoms with Gasteiger partial charge in [0.25, 0.3) is 0 Å². The predicted octanol–water partition coefficient (Wildman–Crippen LogP) is 7.53. The zero-order chi connectivity index (χ0) is 37.8. The third kappa shape index (κ3) is 8.91. The fourth-order valence-electron chi connectivity index (χ4n) is 11.7. The first-order valence-corrected chi connectivity index (χ1v) is 21.2. The molecule has 4 aliphatic carbocycles. The molecular formula is C43H75NO8. The first-order valence-electron chi connectivity index (χ1n) is 21.2. The molecule has 0 spiro atoms. The molecule has 300 valence electrons. The lowest BCUT2D eigenvalue weighted by molar-refractivity contribution is -0.333. The highest BCUT2D eigenvalue weighted by atomic mass is 16.7. The van der Waals surface area contributed by atoms with Gasteiger partial charge in [0.1, 0.15) is 30.0 Å². The second kappa shape index (κ2) is 17.7. The van der Waals surface area contributed by atoms with Crippen molar-refractivity contribution in [2.45, 2.75) is 181 Å². The number of rotatable bonds is 16. The van der Waals surface area contributed by atoms with Crippen LogP contribution in [0.25, 0.3) is 0 Å². The third-order valence-electron chi connectivity index (χ3n) is 15.2. The van der Waals surface area contributed by atoms with E-state index in [4.69, 9.17) is 14.2 Å². The monoisotopic (exact) mass is 734 g/mol.